The molecule has 2 rings (SSSR count). The van der Waals surface area contributed by atoms with E-state index in [1.807, 2.05) is 11.0 Å². The minimum Gasteiger partial charge on any atom is -0.343 e. The van der Waals surface area contributed by atoms with Crippen LogP contribution in [0.25, 0.3) is 0 Å². The minimum absolute atomic E-state index is 0.0916. The van der Waals surface area contributed by atoms with Crippen LogP contribution in [0, 0.1) is 12.8 Å². The number of hydrogen-bond acceptors (Lipinski definition) is 3. The molecule has 0 aromatic heterocycles. The average Bonchev–Trinajstić information content (AvgIpc) is 2.46. The number of rotatable bonds is 4. The largest absolute Gasteiger partial charge is 0.343 e. The van der Waals surface area contributed by atoms with Gasteiger partial charge in [0.05, 0.1) is 4.90 Å². The van der Waals surface area contributed by atoms with Gasteiger partial charge in [0.1, 0.15) is 0 Å². The summed E-state index contributed by atoms with van der Waals surface area (Å²) in [6, 6.07) is 6.97. The molecule has 0 bridgehead atoms. The number of benzene rings is 1. The third kappa shape index (κ3) is 4.04. The van der Waals surface area contributed by atoms with Gasteiger partial charge in [-0.05, 0) is 37.3 Å². The summed E-state index contributed by atoms with van der Waals surface area (Å²) in [5.74, 6) is 0.383. The van der Waals surface area contributed by atoms with Crippen LogP contribution in [0.3, 0.4) is 0 Å². The van der Waals surface area contributed by atoms with Crippen LogP contribution in [0.4, 0.5) is 0 Å². The van der Waals surface area contributed by atoms with Crippen molar-refractivity contribution in [3.8, 4) is 0 Å². The molecule has 1 aromatic carbocycles. The molecule has 0 atom stereocenters. The maximum Gasteiger partial charge on any atom is 0.240 e. The zero-order valence-electron chi connectivity index (χ0n) is 12.5. The van der Waals surface area contributed by atoms with Crippen molar-refractivity contribution in [3.05, 3.63) is 29.8 Å². The lowest BCUT2D eigenvalue weighted by atomic mass is 9.97. The molecule has 116 valence electrons. The Morgan fingerprint density at radius 2 is 1.90 bits per heavy atom. The van der Waals surface area contributed by atoms with Gasteiger partial charge in [0.15, 0.2) is 0 Å². The van der Waals surface area contributed by atoms with E-state index in [1.54, 1.807) is 32.0 Å². The number of hydrogen-bond donors (Lipinski definition) is 1. The molecular weight excluding hydrogens is 288 g/mol. The van der Waals surface area contributed by atoms with Gasteiger partial charge in [0.25, 0.3) is 0 Å². The topological polar surface area (TPSA) is 66.5 Å². The molecule has 1 aromatic rings. The van der Waals surface area contributed by atoms with E-state index in [9.17, 15) is 13.2 Å². The van der Waals surface area contributed by atoms with Gasteiger partial charge in [-0.2, -0.15) is 0 Å². The number of aryl methyl sites for hydroxylation is 1. The van der Waals surface area contributed by atoms with E-state index in [2.05, 4.69) is 4.72 Å². The monoisotopic (exact) mass is 310 g/mol. The highest BCUT2D eigenvalue weighted by Gasteiger charge is 2.23. The van der Waals surface area contributed by atoms with E-state index in [0.717, 1.165) is 18.4 Å². The number of amides is 1. The summed E-state index contributed by atoms with van der Waals surface area (Å²) in [6.07, 6.45) is 1.69. The Morgan fingerprint density at radius 3 is 2.48 bits per heavy atom. The van der Waals surface area contributed by atoms with Crippen molar-refractivity contribution in [1.82, 2.24) is 9.62 Å². The zero-order valence-corrected chi connectivity index (χ0v) is 13.3. The third-order valence-corrected chi connectivity index (χ3v) is 5.59. The summed E-state index contributed by atoms with van der Waals surface area (Å²) in [6.45, 7) is 5.22. The first-order valence-electron chi connectivity index (χ1n) is 7.21. The smallest absolute Gasteiger partial charge is 0.240 e. The highest BCUT2D eigenvalue weighted by molar-refractivity contribution is 7.89. The quantitative estimate of drug-likeness (QED) is 0.917. The van der Waals surface area contributed by atoms with Crippen molar-refractivity contribution < 1.29 is 13.2 Å². The second kappa shape index (κ2) is 6.58. The number of nitrogens with one attached hydrogen (secondary N) is 1. The molecular formula is C15H22N2O3S. The highest BCUT2D eigenvalue weighted by atomic mass is 32.2. The highest BCUT2D eigenvalue weighted by Crippen LogP contribution is 2.18. The Hall–Kier alpha value is -1.40. The van der Waals surface area contributed by atoms with Gasteiger partial charge in [-0.1, -0.05) is 18.2 Å². The number of carbonyl (C=O) groups is 1. The van der Waals surface area contributed by atoms with Gasteiger partial charge < -0.3 is 4.90 Å². The van der Waals surface area contributed by atoms with Gasteiger partial charge in [0, 0.05) is 26.6 Å². The van der Waals surface area contributed by atoms with Crippen molar-refractivity contribution in [3.63, 3.8) is 0 Å². The molecule has 1 heterocycles. The maximum absolute atomic E-state index is 12.3. The Morgan fingerprint density at radius 1 is 1.29 bits per heavy atom. The first-order valence-corrected chi connectivity index (χ1v) is 8.69. The standard InChI is InChI=1S/C15H22N2O3S/c1-12-5-3-4-6-15(12)21(19,20)16-11-14-7-9-17(10-8-14)13(2)18/h3-6,14,16H,7-11H2,1-2H3. The molecule has 0 saturated carbocycles. The predicted molar refractivity (Wildman–Crippen MR) is 81.3 cm³/mol. The van der Waals surface area contributed by atoms with E-state index < -0.39 is 10.0 Å². The van der Waals surface area contributed by atoms with Gasteiger partial charge in [-0.3, -0.25) is 4.79 Å². The fourth-order valence-corrected chi connectivity index (χ4v) is 3.98. The van der Waals surface area contributed by atoms with Crippen LogP contribution in [0.2, 0.25) is 0 Å². The lowest BCUT2D eigenvalue weighted by Gasteiger charge is -2.31. The van der Waals surface area contributed by atoms with E-state index in [1.165, 1.54) is 0 Å². The van der Waals surface area contributed by atoms with Gasteiger partial charge in [0.2, 0.25) is 15.9 Å². The van der Waals surface area contributed by atoms with E-state index in [0.29, 0.717) is 30.4 Å². The molecule has 1 N–H and O–H groups in total. The molecule has 1 fully saturated rings. The molecule has 1 amide bonds. The Labute approximate surface area is 126 Å². The van der Waals surface area contributed by atoms with Crippen LogP contribution in [0.1, 0.15) is 25.3 Å². The molecule has 1 aliphatic rings. The van der Waals surface area contributed by atoms with Crippen molar-refractivity contribution in [2.45, 2.75) is 31.6 Å². The van der Waals surface area contributed by atoms with Crippen LogP contribution in [0.5, 0.6) is 0 Å². The molecule has 0 spiro atoms. The molecule has 0 aliphatic carbocycles. The van der Waals surface area contributed by atoms with Crippen LogP contribution in [0.15, 0.2) is 29.2 Å². The fourth-order valence-electron chi connectivity index (χ4n) is 2.62. The molecule has 5 nitrogen and oxygen atoms in total. The van der Waals surface area contributed by atoms with Crippen molar-refractivity contribution >= 4 is 15.9 Å². The molecule has 1 aliphatic heterocycles. The third-order valence-electron chi connectivity index (χ3n) is 4.00. The summed E-state index contributed by atoms with van der Waals surface area (Å²) in [4.78, 5) is 13.4. The van der Waals surface area contributed by atoms with Gasteiger partial charge in [-0.25, -0.2) is 13.1 Å². The predicted octanol–water partition coefficient (Wildman–Crippen LogP) is 1.53. The molecule has 1 saturated heterocycles. The number of sulfonamides is 1. The zero-order chi connectivity index (χ0) is 15.5. The average molecular weight is 310 g/mol. The summed E-state index contributed by atoms with van der Waals surface area (Å²) >= 11 is 0. The molecule has 0 radical (unpaired) electrons. The summed E-state index contributed by atoms with van der Waals surface area (Å²) < 4.78 is 27.3. The van der Waals surface area contributed by atoms with Crippen molar-refractivity contribution in [2.75, 3.05) is 19.6 Å². The Bertz CT molecular complexity index is 605. The van der Waals surface area contributed by atoms with E-state index in [-0.39, 0.29) is 5.91 Å². The Balaban J connectivity index is 1.92. The first-order chi connectivity index (χ1) is 9.90. The number of likely N-dealkylation sites (tertiary alicyclic amines) is 1. The normalized spacial score (nSPS) is 17.0. The van der Waals surface area contributed by atoms with Gasteiger partial charge in [-0.15, -0.1) is 0 Å². The summed E-state index contributed by atoms with van der Waals surface area (Å²) in [5, 5.41) is 0. The fraction of sp³-hybridized carbons (Fsp3) is 0.533. The van der Waals surface area contributed by atoms with Gasteiger partial charge >= 0.3 is 0 Å². The summed E-state index contributed by atoms with van der Waals surface area (Å²) in [7, 11) is -3.45. The van der Waals surface area contributed by atoms with E-state index >= 15 is 0 Å². The first kappa shape index (κ1) is 16.0. The SMILES string of the molecule is CC(=O)N1CCC(CNS(=O)(=O)c2ccccc2C)CC1. The second-order valence-electron chi connectivity index (χ2n) is 5.57. The minimum atomic E-state index is -3.45. The molecule has 6 heteroatoms. The molecule has 21 heavy (non-hydrogen) atoms. The number of nitrogens with zero attached hydrogens (tertiary/aromatic N) is 1. The van der Waals surface area contributed by atoms with Crippen molar-refractivity contribution in [2.24, 2.45) is 5.92 Å². The Kier molecular flexibility index (Phi) is 5.00. The second-order valence-corrected chi connectivity index (χ2v) is 7.30. The van der Waals surface area contributed by atoms with Crippen molar-refractivity contribution in [1.29, 1.82) is 0 Å². The maximum atomic E-state index is 12.3. The van der Waals surface area contributed by atoms with E-state index in [4.69, 9.17) is 0 Å². The number of piperidine rings is 1. The molecule has 0 unspecified atom stereocenters. The van der Waals surface area contributed by atoms with Crippen LogP contribution >= 0.6 is 0 Å². The lowest BCUT2D eigenvalue weighted by Crippen LogP contribution is -2.40. The van der Waals surface area contributed by atoms with Crippen LogP contribution in [-0.2, 0) is 14.8 Å². The van der Waals surface area contributed by atoms with Crippen LogP contribution < -0.4 is 4.72 Å². The summed E-state index contributed by atoms with van der Waals surface area (Å²) in [5.41, 5.74) is 0.747. The lowest BCUT2D eigenvalue weighted by molar-refractivity contribution is -0.130. The number of carbonyl (C=O) groups excluding carboxylic acids is 1. The van der Waals surface area contributed by atoms with Crippen LogP contribution in [-0.4, -0.2) is 38.9 Å².